The van der Waals surface area contributed by atoms with E-state index in [9.17, 15) is 18.4 Å². The molecule has 1 amide bonds. The Morgan fingerprint density at radius 3 is 2.08 bits per heavy atom. The van der Waals surface area contributed by atoms with Crippen molar-refractivity contribution in [2.75, 3.05) is 10.9 Å². The molecule has 0 saturated heterocycles. The molecule has 4 rings (SSSR count). The number of aryl methyl sites for hydroxylation is 2. The van der Waals surface area contributed by atoms with Gasteiger partial charge in [-0.2, -0.15) is 0 Å². The second kappa shape index (κ2) is 11.9. The van der Waals surface area contributed by atoms with Crippen molar-refractivity contribution in [3.8, 4) is 5.75 Å². The first-order valence-electron chi connectivity index (χ1n) is 12.2. The Kier molecular flexibility index (Phi) is 8.45. The van der Waals surface area contributed by atoms with E-state index in [-0.39, 0.29) is 22.7 Å². The van der Waals surface area contributed by atoms with E-state index < -0.39 is 15.9 Å². The molecule has 0 saturated carbocycles. The highest BCUT2D eigenvalue weighted by atomic mass is 32.2. The number of nitrogens with one attached hydrogen (secondary N) is 1. The summed E-state index contributed by atoms with van der Waals surface area (Å²) in [5.41, 5.74) is 5.16. The van der Waals surface area contributed by atoms with Gasteiger partial charge in [-0.3, -0.25) is 14.3 Å². The summed E-state index contributed by atoms with van der Waals surface area (Å²) in [6.45, 7) is 4.00. The van der Waals surface area contributed by atoms with Gasteiger partial charge in [0.15, 0.2) is 0 Å². The summed E-state index contributed by atoms with van der Waals surface area (Å²) in [7, 11) is -4.12. The van der Waals surface area contributed by atoms with E-state index in [0.29, 0.717) is 17.9 Å². The van der Waals surface area contributed by atoms with E-state index in [1.165, 1.54) is 16.4 Å². The number of anilines is 1. The number of sulfonamides is 1. The Labute approximate surface area is 223 Å². The Morgan fingerprint density at radius 1 is 0.868 bits per heavy atom. The summed E-state index contributed by atoms with van der Waals surface area (Å²) in [6, 6.07) is 28.7. The Balaban J connectivity index is 1.67. The molecule has 196 valence electrons. The number of ether oxygens (including phenoxy) is 1. The van der Waals surface area contributed by atoms with Gasteiger partial charge in [0.1, 0.15) is 5.75 Å². The van der Waals surface area contributed by atoms with Crippen LogP contribution in [0.25, 0.3) is 0 Å². The fourth-order valence-corrected chi connectivity index (χ4v) is 5.86. The summed E-state index contributed by atoms with van der Waals surface area (Å²) in [4.78, 5) is 12.7. The highest BCUT2D eigenvalue weighted by Crippen LogP contribution is 2.33. The van der Waals surface area contributed by atoms with E-state index in [1.54, 1.807) is 43.6 Å². The van der Waals surface area contributed by atoms with Crippen LogP contribution in [-0.4, -0.2) is 26.1 Å². The van der Waals surface area contributed by atoms with Gasteiger partial charge >= 0.3 is 0 Å². The van der Waals surface area contributed by atoms with E-state index in [1.807, 2.05) is 60.7 Å². The zero-order valence-electron chi connectivity index (χ0n) is 21.3. The number of carbonyl (C=O) groups excluding carboxylic acids is 1. The molecule has 0 fully saturated rings. The predicted molar refractivity (Wildman–Crippen MR) is 147 cm³/mol. The Bertz CT molecular complexity index is 1490. The number of rotatable bonds is 10. The maximum absolute atomic E-state index is 14.0. The fourth-order valence-electron chi connectivity index (χ4n) is 4.32. The largest absolute Gasteiger partial charge is 0.493 e. The minimum atomic E-state index is -4.12. The quantitative estimate of drug-likeness (QED) is 0.210. The average Bonchev–Trinajstić information content (AvgIpc) is 2.92. The zero-order chi connectivity index (χ0) is 27.1. The molecule has 0 unspecified atom stereocenters. The molecule has 0 radical (unpaired) electrons. The molecule has 0 atom stereocenters. The molecule has 0 aliphatic heterocycles. The second-order valence-electron chi connectivity index (χ2n) is 8.97. The number of hydroxylamine groups is 1. The summed E-state index contributed by atoms with van der Waals surface area (Å²) < 4.78 is 35.1. The van der Waals surface area contributed by atoms with Crippen molar-refractivity contribution in [3.05, 3.63) is 125 Å². The fraction of sp³-hybridized carbons (Fsp3) is 0.167. The summed E-state index contributed by atoms with van der Waals surface area (Å²) in [6.07, 6.45) is 0.730. The molecular formula is C30H30N2O5S. The first kappa shape index (κ1) is 26.9. The molecule has 0 heterocycles. The maximum Gasteiger partial charge on any atom is 0.276 e. The lowest BCUT2D eigenvalue weighted by Crippen LogP contribution is -2.34. The molecular weight excluding hydrogens is 500 g/mol. The third kappa shape index (κ3) is 6.22. The lowest BCUT2D eigenvalue weighted by atomic mass is 10.0. The minimum Gasteiger partial charge on any atom is -0.493 e. The molecule has 0 aliphatic carbocycles. The van der Waals surface area contributed by atoms with Crippen molar-refractivity contribution in [2.45, 2.75) is 31.7 Å². The maximum atomic E-state index is 14.0. The monoisotopic (exact) mass is 530 g/mol. The second-order valence-corrected chi connectivity index (χ2v) is 10.8. The molecule has 4 aromatic rings. The first-order chi connectivity index (χ1) is 18.3. The van der Waals surface area contributed by atoms with E-state index in [0.717, 1.165) is 23.1 Å². The third-order valence-corrected chi connectivity index (χ3v) is 7.88. The normalized spacial score (nSPS) is 11.1. The van der Waals surface area contributed by atoms with E-state index in [4.69, 9.17) is 4.74 Å². The number of amides is 1. The Morgan fingerprint density at radius 2 is 1.47 bits per heavy atom. The van der Waals surface area contributed by atoms with Crippen LogP contribution in [0.3, 0.4) is 0 Å². The van der Waals surface area contributed by atoms with Gasteiger partial charge in [-0.05, 0) is 66.4 Å². The molecule has 0 spiro atoms. The van der Waals surface area contributed by atoms with Gasteiger partial charge < -0.3 is 4.74 Å². The molecule has 0 aliphatic rings. The van der Waals surface area contributed by atoms with Crippen LogP contribution >= 0.6 is 0 Å². The molecule has 7 nitrogen and oxygen atoms in total. The SMILES string of the molecule is Cc1cc(C)c(N(Cc2ccccc2)S(=O)(=O)c2ccc(OCCc3ccccc3)cc2)c(C(=O)NO)c1. The number of hydrogen-bond donors (Lipinski definition) is 2. The molecule has 38 heavy (non-hydrogen) atoms. The van der Waals surface area contributed by atoms with Crippen molar-refractivity contribution < 1.29 is 23.2 Å². The molecule has 8 heteroatoms. The van der Waals surface area contributed by atoms with Crippen LogP contribution in [0, 0.1) is 13.8 Å². The van der Waals surface area contributed by atoms with Crippen LogP contribution in [0.15, 0.2) is 102 Å². The van der Waals surface area contributed by atoms with Crippen molar-refractivity contribution >= 4 is 21.6 Å². The van der Waals surface area contributed by atoms with Crippen molar-refractivity contribution in [1.29, 1.82) is 0 Å². The van der Waals surface area contributed by atoms with Crippen molar-refractivity contribution in [1.82, 2.24) is 5.48 Å². The molecule has 0 bridgehead atoms. The number of carbonyl (C=O) groups is 1. The van der Waals surface area contributed by atoms with Crippen LogP contribution in [0.4, 0.5) is 5.69 Å². The summed E-state index contributed by atoms with van der Waals surface area (Å²) in [5.74, 6) is -0.233. The Hall–Kier alpha value is -4.14. The van der Waals surface area contributed by atoms with Crippen molar-refractivity contribution in [3.63, 3.8) is 0 Å². The number of hydrogen-bond acceptors (Lipinski definition) is 5. The van der Waals surface area contributed by atoms with E-state index in [2.05, 4.69) is 0 Å². The molecule has 2 N–H and O–H groups in total. The van der Waals surface area contributed by atoms with Crippen LogP contribution in [0.1, 0.15) is 32.6 Å². The van der Waals surface area contributed by atoms with Gasteiger partial charge in [-0.15, -0.1) is 0 Å². The third-order valence-electron chi connectivity index (χ3n) is 6.12. The molecule has 0 aromatic heterocycles. The highest BCUT2D eigenvalue weighted by molar-refractivity contribution is 7.92. The van der Waals surface area contributed by atoms with Gasteiger partial charge in [0.2, 0.25) is 0 Å². The first-order valence-corrected chi connectivity index (χ1v) is 13.6. The minimum absolute atomic E-state index is 0.00584. The van der Waals surface area contributed by atoms with Gasteiger partial charge in [-0.25, -0.2) is 13.9 Å². The van der Waals surface area contributed by atoms with Crippen LogP contribution in [-0.2, 0) is 23.0 Å². The van der Waals surface area contributed by atoms with Crippen molar-refractivity contribution in [2.24, 2.45) is 0 Å². The summed E-state index contributed by atoms with van der Waals surface area (Å²) >= 11 is 0. The van der Waals surface area contributed by atoms with Crippen LogP contribution in [0.5, 0.6) is 5.75 Å². The topological polar surface area (TPSA) is 95.9 Å². The van der Waals surface area contributed by atoms with Gasteiger partial charge in [0.25, 0.3) is 15.9 Å². The van der Waals surface area contributed by atoms with Gasteiger partial charge in [-0.1, -0.05) is 66.7 Å². The van der Waals surface area contributed by atoms with Gasteiger partial charge in [0.05, 0.1) is 29.3 Å². The van der Waals surface area contributed by atoms with Crippen LogP contribution < -0.4 is 14.5 Å². The highest BCUT2D eigenvalue weighted by Gasteiger charge is 2.30. The lowest BCUT2D eigenvalue weighted by Gasteiger charge is -2.28. The average molecular weight is 531 g/mol. The van der Waals surface area contributed by atoms with Gasteiger partial charge in [0, 0.05) is 6.42 Å². The van der Waals surface area contributed by atoms with E-state index >= 15 is 0 Å². The van der Waals surface area contributed by atoms with Crippen LogP contribution in [0.2, 0.25) is 0 Å². The zero-order valence-corrected chi connectivity index (χ0v) is 22.1. The summed E-state index contributed by atoms with van der Waals surface area (Å²) in [5, 5.41) is 9.38. The molecule has 4 aromatic carbocycles. The number of benzene rings is 4. The standard InChI is InChI=1S/C30H30N2O5S/c1-22-19-23(2)29(28(20-22)30(33)31-34)32(21-25-11-7-4-8-12-25)38(35,36)27-15-13-26(14-16-27)37-18-17-24-9-5-3-6-10-24/h3-16,19-20,34H,17-18,21H2,1-2H3,(H,31,33). The predicted octanol–water partition coefficient (Wildman–Crippen LogP) is 5.44. The number of nitrogens with zero attached hydrogens (tertiary/aromatic N) is 1. The smallest absolute Gasteiger partial charge is 0.276 e. The lowest BCUT2D eigenvalue weighted by molar-refractivity contribution is 0.0707.